The number of aliphatic hydroxyl groups excluding tert-OH is 1. The normalized spacial score (nSPS) is 23.5. The molecule has 0 aliphatic heterocycles. The molecule has 94 valence electrons. The fraction of sp³-hybridized carbons (Fsp3) is 0.600. The van der Waals surface area contributed by atoms with Crippen LogP contribution in [0.1, 0.15) is 45.8 Å². The van der Waals surface area contributed by atoms with Gasteiger partial charge in [-0.15, -0.1) is 0 Å². The molecule has 0 aromatic heterocycles. The summed E-state index contributed by atoms with van der Waals surface area (Å²) in [5, 5.41) is 10.2. The highest BCUT2D eigenvalue weighted by molar-refractivity contribution is 5.30. The van der Waals surface area contributed by atoms with Crippen LogP contribution < -0.4 is 4.74 Å². The Hall–Kier alpha value is -1.02. The molecule has 0 saturated heterocycles. The van der Waals surface area contributed by atoms with Crippen LogP contribution in [0.3, 0.4) is 0 Å². The van der Waals surface area contributed by atoms with Crippen molar-refractivity contribution < 1.29 is 9.84 Å². The van der Waals surface area contributed by atoms with Gasteiger partial charge in [0.15, 0.2) is 0 Å². The fourth-order valence-electron chi connectivity index (χ4n) is 2.29. The first kappa shape index (κ1) is 12.4. The van der Waals surface area contributed by atoms with E-state index in [2.05, 4.69) is 13.8 Å². The minimum atomic E-state index is -0.335. The summed E-state index contributed by atoms with van der Waals surface area (Å²) in [5.41, 5.74) is 1.30. The van der Waals surface area contributed by atoms with Gasteiger partial charge in [0.2, 0.25) is 0 Å². The molecule has 1 aromatic carbocycles. The molecule has 0 amide bonds. The summed E-state index contributed by atoms with van der Waals surface area (Å²) in [6.07, 6.45) is 0.963. The monoisotopic (exact) mass is 234 g/mol. The largest absolute Gasteiger partial charge is 0.491 e. The van der Waals surface area contributed by atoms with Crippen molar-refractivity contribution in [2.75, 3.05) is 0 Å². The summed E-state index contributed by atoms with van der Waals surface area (Å²) in [7, 11) is 0. The summed E-state index contributed by atoms with van der Waals surface area (Å²) >= 11 is 0. The van der Waals surface area contributed by atoms with Gasteiger partial charge in [0, 0.05) is 0 Å². The summed E-state index contributed by atoms with van der Waals surface area (Å²) in [4.78, 5) is 0. The van der Waals surface area contributed by atoms with Crippen LogP contribution in [0.5, 0.6) is 5.75 Å². The Bertz CT molecular complexity index is 378. The molecule has 2 atom stereocenters. The summed E-state index contributed by atoms with van der Waals surface area (Å²) in [6, 6.07) is 7.81. The van der Waals surface area contributed by atoms with Crippen molar-refractivity contribution in [3.8, 4) is 5.75 Å². The molecule has 0 bridgehead atoms. The minimum absolute atomic E-state index is 0.188. The zero-order valence-corrected chi connectivity index (χ0v) is 11.1. The lowest BCUT2D eigenvalue weighted by molar-refractivity contribution is 0.138. The van der Waals surface area contributed by atoms with E-state index in [0.717, 1.165) is 17.7 Å². The molecular weight excluding hydrogens is 212 g/mol. The van der Waals surface area contributed by atoms with Crippen LogP contribution in [-0.4, -0.2) is 11.2 Å². The average Bonchev–Trinajstić information content (AvgIpc) is 2.87. The quantitative estimate of drug-likeness (QED) is 0.863. The Morgan fingerprint density at radius 2 is 1.76 bits per heavy atom. The third-order valence-electron chi connectivity index (χ3n) is 3.56. The molecule has 1 N–H and O–H groups in total. The second-order valence-corrected chi connectivity index (χ2v) is 5.98. The Labute approximate surface area is 104 Å². The lowest BCUT2D eigenvalue weighted by Crippen LogP contribution is -2.07. The van der Waals surface area contributed by atoms with Crippen molar-refractivity contribution in [1.82, 2.24) is 0 Å². The van der Waals surface area contributed by atoms with Crippen LogP contribution in [0, 0.1) is 11.3 Å². The molecule has 0 spiro atoms. The Morgan fingerprint density at radius 3 is 2.18 bits per heavy atom. The van der Waals surface area contributed by atoms with Gasteiger partial charge >= 0.3 is 0 Å². The first-order chi connectivity index (χ1) is 7.90. The van der Waals surface area contributed by atoms with E-state index in [1.165, 1.54) is 0 Å². The molecule has 2 rings (SSSR count). The van der Waals surface area contributed by atoms with E-state index in [0.29, 0.717) is 11.3 Å². The van der Waals surface area contributed by atoms with Crippen LogP contribution in [-0.2, 0) is 0 Å². The topological polar surface area (TPSA) is 29.5 Å². The van der Waals surface area contributed by atoms with E-state index in [4.69, 9.17) is 4.74 Å². The maximum absolute atomic E-state index is 10.2. The number of hydrogen-bond donors (Lipinski definition) is 1. The molecule has 1 saturated carbocycles. The lowest BCUT2D eigenvalue weighted by atomic mass is 10.00. The molecule has 1 aromatic rings. The van der Waals surface area contributed by atoms with Crippen molar-refractivity contribution in [2.45, 2.75) is 46.3 Å². The van der Waals surface area contributed by atoms with Crippen LogP contribution in [0.2, 0.25) is 0 Å². The second-order valence-electron chi connectivity index (χ2n) is 5.98. The minimum Gasteiger partial charge on any atom is -0.491 e. The number of benzene rings is 1. The van der Waals surface area contributed by atoms with Gasteiger partial charge in [0.25, 0.3) is 0 Å². The van der Waals surface area contributed by atoms with Gasteiger partial charge in [0.05, 0.1) is 12.2 Å². The molecule has 2 unspecified atom stereocenters. The highest BCUT2D eigenvalue weighted by atomic mass is 16.5. The number of rotatable bonds is 4. The molecule has 0 heterocycles. The van der Waals surface area contributed by atoms with Crippen molar-refractivity contribution in [1.29, 1.82) is 0 Å². The first-order valence-corrected chi connectivity index (χ1v) is 6.35. The van der Waals surface area contributed by atoms with Gasteiger partial charge < -0.3 is 9.84 Å². The van der Waals surface area contributed by atoms with E-state index < -0.39 is 0 Å². The van der Waals surface area contributed by atoms with Gasteiger partial charge in [0.1, 0.15) is 5.75 Å². The Morgan fingerprint density at radius 1 is 1.24 bits per heavy atom. The zero-order chi connectivity index (χ0) is 12.6. The van der Waals surface area contributed by atoms with E-state index in [-0.39, 0.29) is 12.2 Å². The third kappa shape index (κ3) is 2.81. The first-order valence-electron chi connectivity index (χ1n) is 6.35. The van der Waals surface area contributed by atoms with Crippen molar-refractivity contribution in [2.24, 2.45) is 11.3 Å². The van der Waals surface area contributed by atoms with Gasteiger partial charge in [-0.1, -0.05) is 26.0 Å². The smallest absolute Gasteiger partial charge is 0.119 e. The van der Waals surface area contributed by atoms with Crippen molar-refractivity contribution >= 4 is 0 Å². The SMILES string of the molecule is CC(C)Oc1ccc(C(O)C2CC2(C)C)cc1. The standard InChI is InChI=1S/C15H22O2/c1-10(2)17-12-7-5-11(6-8-12)14(16)13-9-15(13,3)4/h5-8,10,13-14,16H,9H2,1-4H3. The Kier molecular flexibility index (Phi) is 3.17. The molecule has 1 fully saturated rings. The maximum atomic E-state index is 10.2. The molecule has 0 radical (unpaired) electrons. The van der Waals surface area contributed by atoms with Crippen LogP contribution in [0.15, 0.2) is 24.3 Å². The lowest BCUT2D eigenvalue weighted by Gasteiger charge is -2.14. The van der Waals surface area contributed by atoms with E-state index >= 15 is 0 Å². The Balaban J connectivity index is 2.03. The predicted octanol–water partition coefficient (Wildman–Crippen LogP) is 3.55. The van der Waals surface area contributed by atoms with Crippen LogP contribution in [0.25, 0.3) is 0 Å². The molecule has 1 aliphatic rings. The highest BCUT2D eigenvalue weighted by Crippen LogP contribution is 2.57. The highest BCUT2D eigenvalue weighted by Gasteiger charge is 2.50. The fourth-order valence-corrected chi connectivity index (χ4v) is 2.29. The average molecular weight is 234 g/mol. The van der Waals surface area contributed by atoms with Crippen molar-refractivity contribution in [3.63, 3.8) is 0 Å². The summed E-state index contributed by atoms with van der Waals surface area (Å²) in [5.74, 6) is 1.27. The number of aliphatic hydroxyl groups is 1. The molecule has 17 heavy (non-hydrogen) atoms. The summed E-state index contributed by atoms with van der Waals surface area (Å²) in [6.45, 7) is 8.43. The van der Waals surface area contributed by atoms with E-state index in [1.807, 2.05) is 38.1 Å². The number of ether oxygens (including phenoxy) is 1. The molecular formula is C15H22O2. The van der Waals surface area contributed by atoms with E-state index in [1.54, 1.807) is 0 Å². The van der Waals surface area contributed by atoms with Gasteiger partial charge in [-0.3, -0.25) is 0 Å². The van der Waals surface area contributed by atoms with Crippen molar-refractivity contribution in [3.05, 3.63) is 29.8 Å². The second kappa shape index (κ2) is 4.34. The summed E-state index contributed by atoms with van der Waals surface area (Å²) < 4.78 is 5.58. The molecule has 2 heteroatoms. The predicted molar refractivity (Wildman–Crippen MR) is 69.1 cm³/mol. The van der Waals surface area contributed by atoms with E-state index in [9.17, 15) is 5.11 Å². The zero-order valence-electron chi connectivity index (χ0n) is 11.1. The third-order valence-corrected chi connectivity index (χ3v) is 3.56. The maximum Gasteiger partial charge on any atom is 0.119 e. The van der Waals surface area contributed by atoms with Gasteiger partial charge in [-0.2, -0.15) is 0 Å². The molecule has 2 nitrogen and oxygen atoms in total. The molecule has 1 aliphatic carbocycles. The van der Waals surface area contributed by atoms with Gasteiger partial charge in [-0.25, -0.2) is 0 Å². The van der Waals surface area contributed by atoms with Gasteiger partial charge in [-0.05, 0) is 49.3 Å². The number of hydrogen-bond acceptors (Lipinski definition) is 2. The van der Waals surface area contributed by atoms with Crippen LogP contribution >= 0.6 is 0 Å². The van der Waals surface area contributed by atoms with Crippen LogP contribution in [0.4, 0.5) is 0 Å².